The molecule has 1 aliphatic rings. The van der Waals surface area contributed by atoms with E-state index in [9.17, 15) is 8.42 Å². The lowest BCUT2D eigenvalue weighted by atomic mass is 10.4. The Morgan fingerprint density at radius 3 is 2.68 bits per heavy atom. The SMILES string of the molecule is CCCOCCCNS(=O)(=O)CCN1CCNCC1. The Balaban J connectivity index is 2.06. The van der Waals surface area contributed by atoms with Gasteiger partial charge >= 0.3 is 0 Å². The summed E-state index contributed by atoms with van der Waals surface area (Å²) in [4.78, 5) is 2.18. The highest BCUT2D eigenvalue weighted by Gasteiger charge is 2.14. The number of hydrogen-bond acceptors (Lipinski definition) is 5. The first-order valence-corrected chi connectivity index (χ1v) is 8.77. The van der Waals surface area contributed by atoms with Crippen molar-refractivity contribution >= 4 is 10.0 Å². The van der Waals surface area contributed by atoms with Crippen molar-refractivity contribution in [3.8, 4) is 0 Å². The fourth-order valence-electron chi connectivity index (χ4n) is 1.90. The molecular formula is C12H27N3O3S. The van der Waals surface area contributed by atoms with Gasteiger partial charge in [0.1, 0.15) is 0 Å². The maximum Gasteiger partial charge on any atom is 0.212 e. The number of ether oxygens (including phenoxy) is 1. The van der Waals surface area contributed by atoms with E-state index in [1.165, 1.54) is 0 Å². The fraction of sp³-hybridized carbons (Fsp3) is 1.00. The van der Waals surface area contributed by atoms with Gasteiger partial charge in [-0.25, -0.2) is 13.1 Å². The molecule has 2 N–H and O–H groups in total. The van der Waals surface area contributed by atoms with Gasteiger partial charge in [0.05, 0.1) is 5.75 Å². The summed E-state index contributed by atoms with van der Waals surface area (Å²) < 4.78 is 31.5. The van der Waals surface area contributed by atoms with Crippen LogP contribution in [0.4, 0.5) is 0 Å². The zero-order valence-corrected chi connectivity index (χ0v) is 12.7. The van der Waals surface area contributed by atoms with E-state index in [0.29, 0.717) is 19.7 Å². The van der Waals surface area contributed by atoms with Gasteiger partial charge in [-0.1, -0.05) is 6.92 Å². The molecule has 0 aliphatic carbocycles. The summed E-state index contributed by atoms with van der Waals surface area (Å²) in [6.45, 7) is 8.25. The highest BCUT2D eigenvalue weighted by Crippen LogP contribution is 1.94. The van der Waals surface area contributed by atoms with E-state index in [2.05, 4.69) is 21.9 Å². The van der Waals surface area contributed by atoms with Crippen LogP contribution in [0.15, 0.2) is 0 Å². The lowest BCUT2D eigenvalue weighted by Gasteiger charge is -2.26. The van der Waals surface area contributed by atoms with Crippen LogP contribution in [0.3, 0.4) is 0 Å². The zero-order chi connectivity index (χ0) is 14.0. The van der Waals surface area contributed by atoms with Crippen LogP contribution < -0.4 is 10.0 Å². The molecule has 0 saturated carbocycles. The predicted octanol–water partition coefficient (Wildman–Crippen LogP) is -0.372. The first-order valence-electron chi connectivity index (χ1n) is 7.12. The van der Waals surface area contributed by atoms with Crippen LogP contribution in [0.1, 0.15) is 19.8 Å². The number of sulfonamides is 1. The molecule has 0 amide bonds. The molecule has 1 fully saturated rings. The minimum Gasteiger partial charge on any atom is -0.381 e. The van der Waals surface area contributed by atoms with Crippen LogP contribution in [0.25, 0.3) is 0 Å². The van der Waals surface area contributed by atoms with Crippen molar-refractivity contribution in [1.29, 1.82) is 0 Å². The molecule has 114 valence electrons. The molecule has 0 aromatic carbocycles. The molecule has 6 nitrogen and oxygen atoms in total. The Morgan fingerprint density at radius 1 is 1.26 bits per heavy atom. The Labute approximate surface area is 116 Å². The highest BCUT2D eigenvalue weighted by atomic mass is 32.2. The lowest BCUT2D eigenvalue weighted by Crippen LogP contribution is -2.46. The average Bonchev–Trinajstić information content (AvgIpc) is 2.42. The van der Waals surface area contributed by atoms with E-state index in [0.717, 1.165) is 45.6 Å². The molecule has 1 aliphatic heterocycles. The van der Waals surface area contributed by atoms with E-state index in [4.69, 9.17) is 4.74 Å². The van der Waals surface area contributed by atoms with Gasteiger partial charge in [0.15, 0.2) is 0 Å². The van der Waals surface area contributed by atoms with Gasteiger partial charge in [0, 0.05) is 52.5 Å². The van der Waals surface area contributed by atoms with Crippen molar-refractivity contribution in [1.82, 2.24) is 14.9 Å². The van der Waals surface area contributed by atoms with Crippen molar-refractivity contribution in [3.05, 3.63) is 0 Å². The summed E-state index contributed by atoms with van der Waals surface area (Å²) in [6, 6.07) is 0. The van der Waals surface area contributed by atoms with E-state index in [1.807, 2.05) is 0 Å². The Bertz CT molecular complexity index is 316. The number of rotatable bonds is 10. The molecule has 19 heavy (non-hydrogen) atoms. The summed E-state index contributed by atoms with van der Waals surface area (Å²) in [7, 11) is -3.14. The molecule has 0 atom stereocenters. The van der Waals surface area contributed by atoms with E-state index in [1.54, 1.807) is 0 Å². The quantitative estimate of drug-likeness (QED) is 0.538. The highest BCUT2D eigenvalue weighted by molar-refractivity contribution is 7.89. The van der Waals surface area contributed by atoms with Crippen LogP contribution in [0.5, 0.6) is 0 Å². The van der Waals surface area contributed by atoms with Gasteiger partial charge in [-0.2, -0.15) is 0 Å². The molecule has 1 saturated heterocycles. The molecule has 0 bridgehead atoms. The van der Waals surface area contributed by atoms with Crippen LogP contribution in [0, 0.1) is 0 Å². The predicted molar refractivity (Wildman–Crippen MR) is 76.8 cm³/mol. The van der Waals surface area contributed by atoms with Gasteiger partial charge < -0.3 is 10.1 Å². The van der Waals surface area contributed by atoms with Crippen molar-refractivity contribution in [3.63, 3.8) is 0 Å². The molecule has 1 rings (SSSR count). The molecule has 0 radical (unpaired) electrons. The number of piperazine rings is 1. The molecule has 7 heteroatoms. The maximum absolute atomic E-state index is 11.8. The van der Waals surface area contributed by atoms with Crippen molar-refractivity contribution < 1.29 is 13.2 Å². The largest absolute Gasteiger partial charge is 0.381 e. The van der Waals surface area contributed by atoms with Gasteiger partial charge in [0.2, 0.25) is 10.0 Å². The van der Waals surface area contributed by atoms with Crippen molar-refractivity contribution in [2.45, 2.75) is 19.8 Å². The molecule has 0 spiro atoms. The summed E-state index contributed by atoms with van der Waals surface area (Å²) in [5, 5.41) is 3.25. The second kappa shape index (κ2) is 9.66. The normalized spacial score (nSPS) is 17.7. The monoisotopic (exact) mass is 293 g/mol. The summed E-state index contributed by atoms with van der Waals surface area (Å²) in [6.07, 6.45) is 1.73. The number of hydrogen-bond donors (Lipinski definition) is 2. The first-order chi connectivity index (χ1) is 9.14. The second-order valence-electron chi connectivity index (χ2n) is 4.77. The van der Waals surface area contributed by atoms with Crippen LogP contribution in [0.2, 0.25) is 0 Å². The number of nitrogens with zero attached hydrogens (tertiary/aromatic N) is 1. The van der Waals surface area contributed by atoms with Gasteiger partial charge in [0.25, 0.3) is 0 Å². The maximum atomic E-state index is 11.8. The Kier molecular flexibility index (Phi) is 8.56. The van der Waals surface area contributed by atoms with Gasteiger partial charge in [-0.3, -0.25) is 4.90 Å². The van der Waals surface area contributed by atoms with Gasteiger partial charge in [-0.05, 0) is 12.8 Å². The fourth-order valence-corrected chi connectivity index (χ4v) is 3.00. The third kappa shape index (κ3) is 8.54. The second-order valence-corrected chi connectivity index (χ2v) is 6.70. The summed E-state index contributed by atoms with van der Waals surface area (Å²) in [5.41, 5.74) is 0. The molecule has 0 aromatic heterocycles. The molecule has 0 aromatic rings. The first kappa shape index (κ1) is 16.8. The molecule has 0 unspecified atom stereocenters. The topological polar surface area (TPSA) is 70.7 Å². The van der Waals surface area contributed by atoms with Crippen LogP contribution >= 0.6 is 0 Å². The standard InChI is InChI=1S/C12H27N3O3S/c1-2-10-18-11-3-4-14-19(16,17)12-9-15-7-5-13-6-8-15/h13-14H,2-12H2,1H3. The minimum absolute atomic E-state index is 0.183. The Hall–Kier alpha value is -0.210. The third-order valence-corrected chi connectivity index (χ3v) is 4.39. The van der Waals surface area contributed by atoms with Crippen LogP contribution in [-0.2, 0) is 14.8 Å². The lowest BCUT2D eigenvalue weighted by molar-refractivity contribution is 0.133. The van der Waals surface area contributed by atoms with Crippen molar-refractivity contribution in [2.75, 3.05) is 58.2 Å². The smallest absolute Gasteiger partial charge is 0.212 e. The van der Waals surface area contributed by atoms with Crippen LogP contribution in [-0.4, -0.2) is 71.6 Å². The minimum atomic E-state index is -3.14. The molecular weight excluding hydrogens is 266 g/mol. The van der Waals surface area contributed by atoms with E-state index < -0.39 is 10.0 Å². The average molecular weight is 293 g/mol. The van der Waals surface area contributed by atoms with E-state index in [-0.39, 0.29) is 5.75 Å². The number of nitrogens with one attached hydrogen (secondary N) is 2. The zero-order valence-electron chi connectivity index (χ0n) is 11.9. The van der Waals surface area contributed by atoms with E-state index >= 15 is 0 Å². The van der Waals surface area contributed by atoms with Gasteiger partial charge in [-0.15, -0.1) is 0 Å². The molecule has 1 heterocycles. The summed E-state index contributed by atoms with van der Waals surface area (Å²) in [5.74, 6) is 0.183. The van der Waals surface area contributed by atoms with Crippen molar-refractivity contribution in [2.24, 2.45) is 0 Å². The summed E-state index contributed by atoms with van der Waals surface area (Å²) >= 11 is 0. The third-order valence-electron chi connectivity index (χ3n) is 3.02. The Morgan fingerprint density at radius 2 is 2.00 bits per heavy atom.